The van der Waals surface area contributed by atoms with Gasteiger partial charge in [-0.3, -0.25) is 4.79 Å². The summed E-state index contributed by atoms with van der Waals surface area (Å²) in [7, 11) is 0. The van der Waals surface area contributed by atoms with Crippen molar-refractivity contribution in [2.45, 2.75) is 19.6 Å². The van der Waals surface area contributed by atoms with Crippen molar-refractivity contribution >= 4 is 23.7 Å². The Morgan fingerprint density at radius 1 is 1.03 bits per heavy atom. The van der Waals surface area contributed by atoms with Crippen LogP contribution in [0.25, 0.3) is 0 Å². The van der Waals surface area contributed by atoms with Crippen LogP contribution in [-0.4, -0.2) is 18.2 Å². The zero-order chi connectivity index (χ0) is 20.5. The predicted octanol–water partition coefficient (Wildman–Crippen LogP) is 4.84. The highest BCUT2D eigenvalue weighted by Crippen LogP contribution is 2.18. The quantitative estimate of drug-likeness (QED) is 0.428. The molecule has 3 rings (SSSR count). The fourth-order valence-corrected chi connectivity index (χ4v) is 2.63. The Balaban J connectivity index is 1.46. The molecule has 0 bridgehead atoms. The molecule has 0 radical (unpaired) electrons. The second-order valence-corrected chi connectivity index (χ2v) is 6.73. The Kier molecular flexibility index (Phi) is 7.25. The molecule has 1 N–H and O–H groups in total. The van der Waals surface area contributed by atoms with Crippen LogP contribution < -0.4 is 14.9 Å². The van der Waals surface area contributed by atoms with Crippen molar-refractivity contribution in [1.82, 2.24) is 5.43 Å². The molecule has 0 aliphatic rings. The summed E-state index contributed by atoms with van der Waals surface area (Å²) in [6.07, 6.45) is 0.852. The van der Waals surface area contributed by atoms with E-state index in [9.17, 15) is 4.79 Å². The number of nitrogens with one attached hydrogen (secondary N) is 1. The number of nitrogens with zero attached hydrogens (tertiary/aromatic N) is 1. The molecule has 0 saturated heterocycles. The number of amides is 1. The Morgan fingerprint density at radius 3 is 2.52 bits per heavy atom. The van der Waals surface area contributed by atoms with Crippen LogP contribution in [0.15, 0.2) is 84.0 Å². The SMILES string of the molecule is C[C@@H](Oc1cccc(Cl)c1)C(=O)N/N=C\c1ccc(OCc2ccccc2)cc1. The Hall–Kier alpha value is -3.31. The summed E-state index contributed by atoms with van der Waals surface area (Å²) in [4.78, 5) is 12.1. The zero-order valence-corrected chi connectivity index (χ0v) is 16.7. The van der Waals surface area contributed by atoms with Gasteiger partial charge in [0, 0.05) is 5.02 Å². The van der Waals surface area contributed by atoms with Crippen LogP contribution in [0, 0.1) is 0 Å². The number of benzene rings is 3. The van der Waals surface area contributed by atoms with Crippen molar-refractivity contribution < 1.29 is 14.3 Å². The highest BCUT2D eigenvalue weighted by atomic mass is 35.5. The van der Waals surface area contributed by atoms with E-state index >= 15 is 0 Å². The van der Waals surface area contributed by atoms with E-state index in [4.69, 9.17) is 21.1 Å². The molecular weight excluding hydrogens is 388 g/mol. The van der Waals surface area contributed by atoms with Gasteiger partial charge < -0.3 is 9.47 Å². The number of hydrogen-bond donors (Lipinski definition) is 1. The van der Waals surface area contributed by atoms with Crippen molar-refractivity contribution in [3.63, 3.8) is 0 Å². The van der Waals surface area contributed by atoms with Crippen molar-refractivity contribution in [2.24, 2.45) is 5.10 Å². The monoisotopic (exact) mass is 408 g/mol. The van der Waals surface area contributed by atoms with Crippen LogP contribution in [0.3, 0.4) is 0 Å². The summed E-state index contributed by atoms with van der Waals surface area (Å²) in [6.45, 7) is 2.15. The molecule has 3 aromatic carbocycles. The molecule has 0 saturated carbocycles. The van der Waals surface area contributed by atoms with E-state index in [-0.39, 0.29) is 5.91 Å². The minimum atomic E-state index is -0.709. The number of hydrazone groups is 1. The largest absolute Gasteiger partial charge is 0.489 e. The lowest BCUT2D eigenvalue weighted by Gasteiger charge is -2.12. The van der Waals surface area contributed by atoms with Crippen LogP contribution >= 0.6 is 11.6 Å². The first-order chi connectivity index (χ1) is 14.1. The summed E-state index contributed by atoms with van der Waals surface area (Å²) >= 11 is 5.91. The van der Waals surface area contributed by atoms with Gasteiger partial charge in [-0.15, -0.1) is 0 Å². The van der Waals surface area contributed by atoms with Gasteiger partial charge in [0.15, 0.2) is 6.10 Å². The van der Waals surface area contributed by atoms with E-state index in [1.54, 1.807) is 37.4 Å². The summed E-state index contributed by atoms with van der Waals surface area (Å²) in [5.74, 6) is 0.929. The van der Waals surface area contributed by atoms with Crippen LogP contribution in [0.1, 0.15) is 18.1 Å². The van der Waals surface area contributed by atoms with E-state index in [0.717, 1.165) is 16.9 Å². The Labute approximate surface area is 174 Å². The van der Waals surface area contributed by atoms with E-state index in [2.05, 4.69) is 10.5 Å². The highest BCUT2D eigenvalue weighted by molar-refractivity contribution is 6.30. The maximum absolute atomic E-state index is 12.1. The van der Waals surface area contributed by atoms with Gasteiger partial charge in [0.2, 0.25) is 0 Å². The fourth-order valence-electron chi connectivity index (χ4n) is 2.45. The van der Waals surface area contributed by atoms with Crippen molar-refractivity contribution in [3.8, 4) is 11.5 Å². The summed E-state index contributed by atoms with van der Waals surface area (Å²) in [5, 5.41) is 4.52. The second-order valence-electron chi connectivity index (χ2n) is 6.30. The third-order valence-corrected chi connectivity index (χ3v) is 4.23. The standard InChI is InChI=1S/C23H21ClN2O3/c1-17(29-22-9-5-8-20(24)14-22)23(27)26-25-15-18-10-12-21(13-11-18)28-16-19-6-3-2-4-7-19/h2-15,17H,16H2,1H3,(H,26,27)/b25-15-/t17-/m1/s1. The molecule has 5 nitrogen and oxygen atoms in total. The van der Waals surface area contributed by atoms with Crippen molar-refractivity contribution in [1.29, 1.82) is 0 Å². The third-order valence-electron chi connectivity index (χ3n) is 3.99. The average Bonchev–Trinajstić information content (AvgIpc) is 2.74. The number of rotatable bonds is 8. The first-order valence-electron chi connectivity index (χ1n) is 9.12. The van der Waals surface area contributed by atoms with E-state index in [1.165, 1.54) is 0 Å². The lowest BCUT2D eigenvalue weighted by Crippen LogP contribution is -2.33. The normalized spacial score (nSPS) is 11.8. The fraction of sp³-hybridized carbons (Fsp3) is 0.130. The van der Waals surface area contributed by atoms with Crippen LogP contribution in [-0.2, 0) is 11.4 Å². The van der Waals surface area contributed by atoms with Crippen LogP contribution in [0.4, 0.5) is 0 Å². The molecule has 6 heteroatoms. The third kappa shape index (κ3) is 6.66. The summed E-state index contributed by atoms with van der Waals surface area (Å²) in [5.41, 5.74) is 4.41. The molecular formula is C23H21ClN2O3. The van der Waals surface area contributed by atoms with Crippen molar-refractivity contribution in [2.75, 3.05) is 0 Å². The van der Waals surface area contributed by atoms with Gasteiger partial charge in [0.25, 0.3) is 5.91 Å². The van der Waals surface area contributed by atoms with E-state index < -0.39 is 6.10 Å². The zero-order valence-electron chi connectivity index (χ0n) is 15.9. The molecule has 0 heterocycles. The minimum absolute atomic E-state index is 0.357. The molecule has 0 spiro atoms. The van der Waals surface area contributed by atoms with Crippen LogP contribution in [0.2, 0.25) is 5.02 Å². The molecule has 1 amide bonds. The van der Waals surface area contributed by atoms with Gasteiger partial charge in [-0.1, -0.05) is 48.0 Å². The summed E-state index contributed by atoms with van der Waals surface area (Å²) < 4.78 is 11.3. The maximum atomic E-state index is 12.1. The molecule has 29 heavy (non-hydrogen) atoms. The van der Waals surface area contributed by atoms with Gasteiger partial charge >= 0.3 is 0 Å². The second kappa shape index (κ2) is 10.3. The molecule has 148 valence electrons. The lowest BCUT2D eigenvalue weighted by molar-refractivity contribution is -0.127. The number of ether oxygens (including phenoxy) is 2. The van der Waals surface area contributed by atoms with Gasteiger partial charge in [0.05, 0.1) is 6.21 Å². The highest BCUT2D eigenvalue weighted by Gasteiger charge is 2.13. The van der Waals surface area contributed by atoms with Gasteiger partial charge in [-0.05, 0) is 60.5 Å². The number of carbonyl (C=O) groups excluding carboxylic acids is 1. The lowest BCUT2D eigenvalue weighted by atomic mass is 10.2. The molecule has 3 aromatic rings. The number of carbonyl (C=O) groups is 1. The maximum Gasteiger partial charge on any atom is 0.280 e. The van der Waals surface area contributed by atoms with E-state index in [0.29, 0.717) is 17.4 Å². The average molecular weight is 409 g/mol. The molecule has 0 aliphatic carbocycles. The molecule has 0 aromatic heterocycles. The van der Waals surface area contributed by atoms with Crippen LogP contribution in [0.5, 0.6) is 11.5 Å². The Bertz CT molecular complexity index is 959. The molecule has 0 fully saturated rings. The molecule has 0 aliphatic heterocycles. The van der Waals surface area contributed by atoms with Crippen molar-refractivity contribution in [3.05, 3.63) is 95.0 Å². The first-order valence-corrected chi connectivity index (χ1v) is 9.50. The predicted molar refractivity (Wildman–Crippen MR) is 114 cm³/mol. The van der Waals surface area contributed by atoms with E-state index in [1.807, 2.05) is 54.6 Å². The molecule has 0 unspecified atom stereocenters. The Morgan fingerprint density at radius 2 is 1.79 bits per heavy atom. The minimum Gasteiger partial charge on any atom is -0.489 e. The van der Waals surface area contributed by atoms with Gasteiger partial charge in [-0.25, -0.2) is 5.43 Å². The first kappa shape index (κ1) is 20.4. The number of halogens is 1. The topological polar surface area (TPSA) is 59.9 Å². The van der Waals surface area contributed by atoms with Gasteiger partial charge in [-0.2, -0.15) is 5.10 Å². The number of hydrogen-bond acceptors (Lipinski definition) is 4. The molecule has 1 atom stereocenters. The summed E-state index contributed by atoms with van der Waals surface area (Å²) in [6, 6.07) is 24.3. The van der Waals surface area contributed by atoms with Gasteiger partial charge in [0.1, 0.15) is 18.1 Å². The smallest absolute Gasteiger partial charge is 0.280 e.